The van der Waals surface area contributed by atoms with Crippen molar-refractivity contribution in [3.8, 4) is 0 Å². The molecule has 1 atom stereocenters. The number of fused-ring (bicyclic) bond motifs is 1. The van der Waals surface area contributed by atoms with Crippen molar-refractivity contribution in [3.05, 3.63) is 108 Å². The Labute approximate surface area is 194 Å². The summed E-state index contributed by atoms with van der Waals surface area (Å²) in [5, 5.41) is 0. The van der Waals surface area contributed by atoms with Crippen LogP contribution in [0.25, 0.3) is 0 Å². The molecule has 1 saturated heterocycles. The Hall–Kier alpha value is -2.58. The number of allylic oxidation sites excluding steroid dienone is 4. The molecule has 2 heteroatoms. The summed E-state index contributed by atoms with van der Waals surface area (Å²) in [6, 6.07) is 21.1. The van der Waals surface area contributed by atoms with Crippen molar-refractivity contribution >= 4 is 0 Å². The molecule has 0 radical (unpaired) electrons. The molecule has 1 unspecified atom stereocenters. The Morgan fingerprint density at radius 3 is 2.44 bits per heavy atom. The van der Waals surface area contributed by atoms with Gasteiger partial charge in [0.1, 0.15) is 0 Å². The van der Waals surface area contributed by atoms with Gasteiger partial charge in [-0.2, -0.15) is 0 Å². The highest BCUT2D eigenvalue weighted by Crippen LogP contribution is 2.30. The SMILES string of the molecule is C=C/C=C(\C=C/C)N(CCC1CCCCN1Cc1ccccc1)C1Cc2ccccc2C1. The molecule has 2 nitrogen and oxygen atoms in total. The Kier molecular flexibility index (Phi) is 8.01. The van der Waals surface area contributed by atoms with E-state index in [0.29, 0.717) is 12.1 Å². The van der Waals surface area contributed by atoms with Crippen LogP contribution in [-0.2, 0) is 19.4 Å². The molecule has 0 amide bonds. The van der Waals surface area contributed by atoms with E-state index in [-0.39, 0.29) is 0 Å². The van der Waals surface area contributed by atoms with E-state index >= 15 is 0 Å². The van der Waals surface area contributed by atoms with Gasteiger partial charge in [0.15, 0.2) is 0 Å². The van der Waals surface area contributed by atoms with Crippen LogP contribution >= 0.6 is 0 Å². The van der Waals surface area contributed by atoms with Crippen molar-refractivity contribution in [2.24, 2.45) is 0 Å². The van der Waals surface area contributed by atoms with Crippen molar-refractivity contribution < 1.29 is 0 Å². The number of likely N-dealkylation sites (tertiary alicyclic amines) is 1. The summed E-state index contributed by atoms with van der Waals surface area (Å²) in [5.41, 5.74) is 5.77. The fraction of sp³-hybridized carbons (Fsp3) is 0.400. The molecule has 2 aliphatic rings. The van der Waals surface area contributed by atoms with Crippen molar-refractivity contribution in [2.75, 3.05) is 13.1 Å². The number of nitrogens with zero attached hydrogens (tertiary/aromatic N) is 2. The second-order valence-electron chi connectivity index (χ2n) is 9.25. The molecule has 2 aromatic carbocycles. The van der Waals surface area contributed by atoms with Gasteiger partial charge in [0.05, 0.1) is 0 Å². The Balaban J connectivity index is 1.49. The van der Waals surface area contributed by atoms with Gasteiger partial charge in [0.25, 0.3) is 0 Å². The first-order valence-electron chi connectivity index (χ1n) is 12.3. The lowest BCUT2D eigenvalue weighted by Crippen LogP contribution is -2.43. The largest absolute Gasteiger partial charge is 0.368 e. The molecule has 4 rings (SSSR count). The lowest BCUT2D eigenvalue weighted by Gasteiger charge is -2.39. The number of hydrogen-bond acceptors (Lipinski definition) is 2. The summed E-state index contributed by atoms with van der Waals surface area (Å²) >= 11 is 0. The molecular weight excluding hydrogens is 388 g/mol. The van der Waals surface area contributed by atoms with Crippen LogP contribution in [0.2, 0.25) is 0 Å². The zero-order valence-electron chi connectivity index (χ0n) is 19.6. The van der Waals surface area contributed by atoms with E-state index < -0.39 is 0 Å². The molecular formula is C30H38N2. The third kappa shape index (κ3) is 5.61. The number of hydrogen-bond donors (Lipinski definition) is 0. The van der Waals surface area contributed by atoms with Crippen LogP contribution in [0, 0.1) is 0 Å². The lowest BCUT2D eigenvalue weighted by atomic mass is 9.97. The van der Waals surface area contributed by atoms with E-state index in [4.69, 9.17) is 0 Å². The van der Waals surface area contributed by atoms with Crippen LogP contribution in [0.4, 0.5) is 0 Å². The van der Waals surface area contributed by atoms with Crippen molar-refractivity contribution in [2.45, 2.75) is 64.1 Å². The fourth-order valence-corrected chi connectivity index (χ4v) is 5.52. The van der Waals surface area contributed by atoms with Gasteiger partial charge >= 0.3 is 0 Å². The quantitative estimate of drug-likeness (QED) is 0.420. The Morgan fingerprint density at radius 2 is 1.75 bits per heavy atom. The number of rotatable bonds is 9. The highest BCUT2D eigenvalue weighted by molar-refractivity contribution is 5.35. The third-order valence-electron chi connectivity index (χ3n) is 7.11. The van der Waals surface area contributed by atoms with Gasteiger partial charge in [-0.25, -0.2) is 0 Å². The summed E-state index contributed by atoms with van der Waals surface area (Å²) in [6.45, 7) is 9.50. The predicted molar refractivity (Wildman–Crippen MR) is 137 cm³/mol. The van der Waals surface area contributed by atoms with Crippen molar-refractivity contribution in [1.29, 1.82) is 0 Å². The standard InChI is InChI=1S/C30H38N2/c1-3-12-29(13-4-2)32(30-22-26-16-8-9-17-27(26)23-30)21-19-28-18-10-11-20-31(28)24-25-14-6-5-7-15-25/h3-9,12-17,28,30H,1,10-11,18-24H2,2H3/b13-4-,29-12+. The molecule has 1 heterocycles. The molecule has 168 valence electrons. The van der Waals surface area contributed by atoms with Gasteiger partial charge in [0, 0.05) is 30.9 Å². The molecule has 1 fully saturated rings. The average molecular weight is 427 g/mol. The second-order valence-corrected chi connectivity index (χ2v) is 9.25. The fourth-order valence-electron chi connectivity index (χ4n) is 5.52. The molecule has 1 aliphatic carbocycles. The van der Waals surface area contributed by atoms with Gasteiger partial charge in [0.2, 0.25) is 0 Å². The minimum absolute atomic E-state index is 0.529. The van der Waals surface area contributed by atoms with Crippen LogP contribution in [0.5, 0.6) is 0 Å². The van der Waals surface area contributed by atoms with E-state index in [2.05, 4.69) is 96.1 Å². The van der Waals surface area contributed by atoms with E-state index in [1.165, 1.54) is 54.6 Å². The molecule has 0 spiro atoms. The second kappa shape index (κ2) is 11.3. The molecule has 0 N–H and O–H groups in total. The topological polar surface area (TPSA) is 6.48 Å². The minimum atomic E-state index is 0.529. The third-order valence-corrected chi connectivity index (χ3v) is 7.11. The van der Waals surface area contributed by atoms with E-state index in [9.17, 15) is 0 Å². The Bertz CT molecular complexity index is 902. The summed E-state index contributed by atoms with van der Waals surface area (Å²) < 4.78 is 0. The van der Waals surface area contributed by atoms with Gasteiger partial charge in [-0.1, -0.05) is 79.7 Å². The molecule has 0 aromatic heterocycles. The zero-order chi connectivity index (χ0) is 22.2. The normalized spacial score (nSPS) is 19.9. The van der Waals surface area contributed by atoms with Gasteiger partial charge in [-0.3, -0.25) is 4.90 Å². The van der Waals surface area contributed by atoms with Gasteiger partial charge < -0.3 is 4.90 Å². The number of benzene rings is 2. The molecule has 1 aliphatic heterocycles. The van der Waals surface area contributed by atoms with Crippen molar-refractivity contribution in [3.63, 3.8) is 0 Å². The van der Waals surface area contributed by atoms with Gasteiger partial charge in [-0.05, 0) is 74.4 Å². The van der Waals surface area contributed by atoms with E-state index in [1.807, 2.05) is 6.08 Å². The van der Waals surface area contributed by atoms with E-state index in [1.54, 1.807) is 0 Å². The Morgan fingerprint density at radius 1 is 1.03 bits per heavy atom. The van der Waals surface area contributed by atoms with E-state index in [0.717, 1.165) is 25.9 Å². The smallest absolute Gasteiger partial charge is 0.0370 e. The maximum absolute atomic E-state index is 3.99. The van der Waals surface area contributed by atoms with Crippen LogP contribution < -0.4 is 0 Å². The number of piperidine rings is 1. The predicted octanol–water partition coefficient (Wildman–Crippen LogP) is 6.55. The average Bonchev–Trinajstić information content (AvgIpc) is 3.25. The van der Waals surface area contributed by atoms with Crippen LogP contribution in [0.3, 0.4) is 0 Å². The lowest BCUT2D eigenvalue weighted by molar-refractivity contribution is 0.118. The van der Waals surface area contributed by atoms with Crippen LogP contribution in [0.1, 0.15) is 49.3 Å². The first-order chi connectivity index (χ1) is 15.8. The summed E-state index contributed by atoms with van der Waals surface area (Å²) in [6.07, 6.45) is 16.0. The maximum atomic E-state index is 3.99. The van der Waals surface area contributed by atoms with Gasteiger partial charge in [-0.15, -0.1) is 0 Å². The molecule has 2 aromatic rings. The summed E-state index contributed by atoms with van der Waals surface area (Å²) in [7, 11) is 0. The minimum Gasteiger partial charge on any atom is -0.368 e. The molecule has 0 saturated carbocycles. The van der Waals surface area contributed by atoms with Crippen LogP contribution in [-0.4, -0.2) is 35.0 Å². The maximum Gasteiger partial charge on any atom is 0.0370 e. The summed E-state index contributed by atoms with van der Waals surface area (Å²) in [5.74, 6) is 0. The molecule has 0 bridgehead atoms. The molecule has 32 heavy (non-hydrogen) atoms. The highest BCUT2D eigenvalue weighted by atomic mass is 15.2. The zero-order valence-corrected chi connectivity index (χ0v) is 19.6. The van der Waals surface area contributed by atoms with Crippen LogP contribution in [0.15, 0.2) is 91.2 Å². The highest BCUT2D eigenvalue weighted by Gasteiger charge is 2.29. The first-order valence-corrected chi connectivity index (χ1v) is 12.3. The first kappa shape index (κ1) is 22.6. The monoisotopic (exact) mass is 426 g/mol. The van der Waals surface area contributed by atoms with Crippen molar-refractivity contribution in [1.82, 2.24) is 9.80 Å². The summed E-state index contributed by atoms with van der Waals surface area (Å²) in [4.78, 5) is 5.39.